The molecule has 3 rings (SSSR count). The van der Waals surface area contributed by atoms with Crippen molar-refractivity contribution in [1.82, 2.24) is 14.8 Å². The zero-order chi connectivity index (χ0) is 19.2. The van der Waals surface area contributed by atoms with Crippen molar-refractivity contribution in [1.29, 1.82) is 0 Å². The summed E-state index contributed by atoms with van der Waals surface area (Å²) in [4.78, 5) is 21.5. The van der Waals surface area contributed by atoms with E-state index < -0.39 is 6.10 Å². The molecule has 2 aromatic rings. The summed E-state index contributed by atoms with van der Waals surface area (Å²) in [5.74, 6) is 0.866. The highest BCUT2D eigenvalue weighted by atomic mass is 35.5. The molecular weight excluding hydrogens is 374 g/mol. The lowest BCUT2D eigenvalue weighted by molar-refractivity contribution is -0.139. The van der Waals surface area contributed by atoms with Crippen LogP contribution in [0.1, 0.15) is 23.7 Å². The van der Waals surface area contributed by atoms with Crippen molar-refractivity contribution in [3.63, 3.8) is 0 Å². The van der Waals surface area contributed by atoms with Crippen LogP contribution in [0.4, 0.5) is 0 Å². The first-order chi connectivity index (χ1) is 13.0. The molecule has 1 atom stereocenters. The Hall–Kier alpha value is -2.11. The minimum Gasteiger partial charge on any atom is -0.481 e. The molecule has 1 aromatic heterocycles. The maximum absolute atomic E-state index is 12.8. The molecule has 1 saturated heterocycles. The Morgan fingerprint density at radius 1 is 1.11 bits per heavy atom. The lowest BCUT2D eigenvalue weighted by atomic mass is 10.1. The zero-order valence-corrected chi connectivity index (χ0v) is 17.7. The Labute approximate surface area is 174 Å². The van der Waals surface area contributed by atoms with Crippen molar-refractivity contribution in [3.8, 4) is 5.75 Å². The van der Waals surface area contributed by atoms with Crippen LogP contribution in [-0.2, 0) is 11.2 Å². The van der Waals surface area contributed by atoms with E-state index in [9.17, 15) is 4.79 Å². The normalized spacial score (nSPS) is 15.6. The van der Waals surface area contributed by atoms with E-state index in [2.05, 4.69) is 28.9 Å². The molecule has 152 valence electrons. The van der Waals surface area contributed by atoms with Crippen LogP contribution in [0, 0.1) is 13.8 Å². The highest BCUT2D eigenvalue weighted by molar-refractivity contribution is 5.85. The zero-order valence-electron chi connectivity index (χ0n) is 16.9. The number of halogens is 1. The molecule has 1 aliphatic heterocycles. The number of ether oxygens (including phenoxy) is 1. The van der Waals surface area contributed by atoms with Crippen LogP contribution >= 0.6 is 12.4 Å². The second kappa shape index (κ2) is 10.4. The van der Waals surface area contributed by atoms with E-state index in [0.29, 0.717) is 0 Å². The predicted molar refractivity (Wildman–Crippen MR) is 114 cm³/mol. The molecule has 0 saturated carbocycles. The van der Waals surface area contributed by atoms with Crippen LogP contribution in [0.5, 0.6) is 5.75 Å². The van der Waals surface area contributed by atoms with Gasteiger partial charge in [0.05, 0.1) is 0 Å². The first kappa shape index (κ1) is 22.2. The first-order valence-corrected chi connectivity index (χ1v) is 9.68. The molecule has 28 heavy (non-hydrogen) atoms. The summed E-state index contributed by atoms with van der Waals surface area (Å²) in [7, 11) is 0. The van der Waals surface area contributed by atoms with Crippen molar-refractivity contribution in [3.05, 3.63) is 59.4 Å². The van der Waals surface area contributed by atoms with E-state index in [1.165, 1.54) is 5.56 Å². The van der Waals surface area contributed by atoms with Crippen LogP contribution in [0.2, 0.25) is 0 Å². The van der Waals surface area contributed by atoms with Gasteiger partial charge in [0.25, 0.3) is 5.91 Å². The van der Waals surface area contributed by atoms with E-state index in [4.69, 9.17) is 4.74 Å². The van der Waals surface area contributed by atoms with Crippen molar-refractivity contribution in [2.75, 3.05) is 32.7 Å². The third-order valence-corrected chi connectivity index (χ3v) is 5.30. The number of aryl methyl sites for hydroxylation is 1. The molecular formula is C22H30ClN3O2. The predicted octanol–water partition coefficient (Wildman–Crippen LogP) is 3.27. The fourth-order valence-corrected chi connectivity index (χ4v) is 3.36. The Morgan fingerprint density at radius 2 is 1.86 bits per heavy atom. The lowest BCUT2D eigenvalue weighted by Crippen LogP contribution is -2.52. The number of pyridine rings is 1. The van der Waals surface area contributed by atoms with E-state index in [1.807, 2.05) is 49.2 Å². The molecule has 5 nitrogen and oxygen atoms in total. The van der Waals surface area contributed by atoms with Gasteiger partial charge in [-0.15, -0.1) is 12.4 Å². The largest absolute Gasteiger partial charge is 0.481 e. The van der Waals surface area contributed by atoms with Gasteiger partial charge in [0.1, 0.15) is 5.75 Å². The number of carbonyl (C=O) groups is 1. The van der Waals surface area contributed by atoms with Crippen molar-refractivity contribution < 1.29 is 9.53 Å². The fourth-order valence-electron chi connectivity index (χ4n) is 3.36. The number of carbonyl (C=O) groups excluding carboxylic acids is 1. The topological polar surface area (TPSA) is 45.7 Å². The van der Waals surface area contributed by atoms with E-state index in [0.717, 1.165) is 56.2 Å². The Balaban J connectivity index is 0.00000280. The molecule has 1 aromatic carbocycles. The fraction of sp³-hybridized carbons (Fsp3) is 0.455. The second-order valence-electron chi connectivity index (χ2n) is 7.20. The average molecular weight is 404 g/mol. The summed E-state index contributed by atoms with van der Waals surface area (Å²) in [5, 5.41) is 0. The molecule has 1 aliphatic rings. The number of aromatic nitrogens is 1. The van der Waals surface area contributed by atoms with Gasteiger partial charge in [0, 0.05) is 51.0 Å². The van der Waals surface area contributed by atoms with Crippen LogP contribution in [0.15, 0.2) is 42.6 Å². The highest BCUT2D eigenvalue weighted by Gasteiger charge is 2.26. The smallest absolute Gasteiger partial charge is 0.263 e. The molecule has 0 aliphatic carbocycles. The SMILES string of the molecule is Cc1cccc(OC(C)C(=O)N2CCN(CCc3ccccn3)CC2)c1C.Cl. The van der Waals surface area contributed by atoms with Gasteiger partial charge in [-0.1, -0.05) is 18.2 Å². The standard InChI is InChI=1S/C22H29N3O2.ClH/c1-17-7-6-9-21(18(17)2)27-19(3)22(26)25-15-13-24(14-16-25)12-10-20-8-4-5-11-23-20;/h4-9,11,19H,10,12-16H2,1-3H3;1H. The quantitative estimate of drug-likeness (QED) is 0.742. The first-order valence-electron chi connectivity index (χ1n) is 9.68. The van der Waals surface area contributed by atoms with Gasteiger partial charge in [-0.05, 0) is 50.1 Å². The minimum atomic E-state index is -0.467. The molecule has 2 heterocycles. The van der Waals surface area contributed by atoms with Crippen molar-refractivity contribution in [2.45, 2.75) is 33.3 Å². The molecule has 1 unspecified atom stereocenters. The van der Waals surface area contributed by atoms with Crippen LogP contribution in [0.3, 0.4) is 0 Å². The third-order valence-electron chi connectivity index (χ3n) is 5.30. The molecule has 0 spiro atoms. The second-order valence-corrected chi connectivity index (χ2v) is 7.20. The van der Waals surface area contributed by atoms with Gasteiger partial charge in [0.2, 0.25) is 0 Å². The van der Waals surface area contributed by atoms with E-state index >= 15 is 0 Å². The number of hydrogen-bond donors (Lipinski definition) is 0. The van der Waals surface area contributed by atoms with Gasteiger partial charge in [0.15, 0.2) is 6.10 Å². The Bertz CT molecular complexity index is 762. The molecule has 0 bridgehead atoms. The van der Waals surface area contributed by atoms with Crippen LogP contribution < -0.4 is 4.74 Å². The third kappa shape index (κ3) is 5.69. The number of piperazine rings is 1. The van der Waals surface area contributed by atoms with Crippen molar-refractivity contribution >= 4 is 18.3 Å². The summed E-state index contributed by atoms with van der Waals surface area (Å²) in [6, 6.07) is 12.0. The Morgan fingerprint density at radius 3 is 2.54 bits per heavy atom. The summed E-state index contributed by atoms with van der Waals surface area (Å²) in [6.45, 7) is 10.2. The van der Waals surface area contributed by atoms with Gasteiger partial charge < -0.3 is 9.64 Å². The molecule has 0 radical (unpaired) electrons. The summed E-state index contributed by atoms with van der Waals surface area (Å²) < 4.78 is 5.96. The summed E-state index contributed by atoms with van der Waals surface area (Å²) in [5.41, 5.74) is 3.39. The van der Waals surface area contributed by atoms with E-state index in [-0.39, 0.29) is 18.3 Å². The molecule has 1 amide bonds. The monoisotopic (exact) mass is 403 g/mol. The number of benzene rings is 1. The highest BCUT2D eigenvalue weighted by Crippen LogP contribution is 2.22. The van der Waals surface area contributed by atoms with Gasteiger partial charge in [-0.2, -0.15) is 0 Å². The maximum atomic E-state index is 12.8. The van der Waals surface area contributed by atoms with Crippen LogP contribution in [-0.4, -0.2) is 59.5 Å². The lowest BCUT2D eigenvalue weighted by Gasteiger charge is -2.35. The maximum Gasteiger partial charge on any atom is 0.263 e. The Kier molecular flexibility index (Phi) is 8.27. The minimum absolute atomic E-state index is 0. The van der Waals surface area contributed by atoms with Crippen LogP contribution in [0.25, 0.3) is 0 Å². The van der Waals surface area contributed by atoms with Gasteiger partial charge in [-0.25, -0.2) is 0 Å². The number of nitrogens with zero attached hydrogens (tertiary/aromatic N) is 3. The number of rotatable bonds is 6. The molecule has 0 N–H and O–H groups in total. The number of amides is 1. The summed E-state index contributed by atoms with van der Waals surface area (Å²) >= 11 is 0. The number of hydrogen-bond acceptors (Lipinski definition) is 4. The van der Waals surface area contributed by atoms with Gasteiger partial charge >= 0.3 is 0 Å². The molecule has 1 fully saturated rings. The summed E-state index contributed by atoms with van der Waals surface area (Å²) in [6.07, 6.45) is 2.31. The van der Waals surface area contributed by atoms with Crippen molar-refractivity contribution in [2.24, 2.45) is 0 Å². The van der Waals surface area contributed by atoms with E-state index in [1.54, 1.807) is 0 Å². The molecule has 6 heteroatoms. The average Bonchev–Trinajstić information content (AvgIpc) is 2.70. The van der Waals surface area contributed by atoms with Gasteiger partial charge in [-0.3, -0.25) is 14.7 Å².